The van der Waals surface area contributed by atoms with Crippen LogP contribution in [0.2, 0.25) is 0 Å². The second-order valence-electron chi connectivity index (χ2n) is 8.43. The summed E-state index contributed by atoms with van der Waals surface area (Å²) in [6, 6.07) is 0.00843. The number of likely N-dealkylation sites (tertiary alicyclic amines) is 1. The van der Waals surface area contributed by atoms with E-state index in [1.165, 1.54) is 0 Å². The molecule has 168 valence electrons. The molecule has 5 rings (SSSR count). The van der Waals surface area contributed by atoms with Crippen LogP contribution in [-0.2, 0) is 13.2 Å². The zero-order valence-electron chi connectivity index (χ0n) is 16.9. The van der Waals surface area contributed by atoms with Gasteiger partial charge in [-0.1, -0.05) is 0 Å². The molecular formula is C19H19F3N8O2. The first-order chi connectivity index (χ1) is 15.1. The Kier molecular flexibility index (Phi) is 4.39. The number of amides is 3. The van der Waals surface area contributed by atoms with Crippen LogP contribution in [0.5, 0.6) is 0 Å². The van der Waals surface area contributed by atoms with Crippen molar-refractivity contribution < 1.29 is 22.8 Å². The van der Waals surface area contributed by atoms with E-state index in [2.05, 4.69) is 25.9 Å². The van der Waals surface area contributed by atoms with E-state index >= 15 is 0 Å². The van der Waals surface area contributed by atoms with Crippen LogP contribution in [0.4, 0.5) is 23.7 Å². The predicted octanol–water partition coefficient (Wildman–Crippen LogP) is 1.91. The summed E-state index contributed by atoms with van der Waals surface area (Å²) in [4.78, 5) is 26.7. The van der Waals surface area contributed by atoms with Gasteiger partial charge in [0, 0.05) is 44.0 Å². The molecular weight excluding hydrogens is 429 g/mol. The number of hydrogen-bond donors (Lipinski definition) is 2. The lowest BCUT2D eigenvalue weighted by Gasteiger charge is -2.58. The number of imidazole rings is 1. The number of halogens is 3. The average Bonchev–Trinajstić information content (AvgIpc) is 3.25. The highest BCUT2D eigenvalue weighted by molar-refractivity contribution is 6.00. The van der Waals surface area contributed by atoms with Crippen LogP contribution < -0.4 is 10.6 Å². The summed E-state index contributed by atoms with van der Waals surface area (Å²) in [5.74, 6) is -0.0766. The summed E-state index contributed by atoms with van der Waals surface area (Å²) in [6.45, 7) is 1.19. The first kappa shape index (κ1) is 20.3. The number of hydrogen-bond acceptors (Lipinski definition) is 5. The summed E-state index contributed by atoms with van der Waals surface area (Å²) in [5, 5.41) is 15.6. The van der Waals surface area contributed by atoms with Crippen molar-refractivity contribution >= 4 is 23.3 Å². The van der Waals surface area contributed by atoms with Gasteiger partial charge in [0.15, 0.2) is 5.69 Å². The molecule has 3 aromatic heterocycles. The molecule has 0 atom stereocenters. The SMILES string of the molecule is Cn1ccn2ncc(C(=O)N3CC4(CC(NC(=O)Nc5cnnc(C(F)(F)F)c5)C4)C3)c12. The van der Waals surface area contributed by atoms with E-state index in [-0.39, 0.29) is 23.1 Å². The standard InChI is InChI=1S/C19H19F3N8O2/c1-28-2-3-30-15(28)13(8-24-30)16(31)29-9-18(10-29)5-12(6-18)26-17(32)25-11-4-14(19(20,21)22)27-23-7-11/h2-4,7-8,12H,5-6,9-10H2,1H3,(H2,25,26,27,32). The molecule has 0 unspecified atom stereocenters. The molecule has 3 amide bonds. The number of fused-ring (bicyclic) bond motifs is 1. The third-order valence-corrected chi connectivity index (χ3v) is 6.00. The molecule has 10 nitrogen and oxygen atoms in total. The van der Waals surface area contributed by atoms with Crippen molar-refractivity contribution in [3.05, 3.63) is 42.1 Å². The number of nitrogens with one attached hydrogen (secondary N) is 2. The minimum Gasteiger partial charge on any atom is -0.337 e. The Morgan fingerprint density at radius 3 is 2.66 bits per heavy atom. The Balaban J connectivity index is 1.12. The van der Waals surface area contributed by atoms with E-state index < -0.39 is 17.9 Å². The summed E-state index contributed by atoms with van der Waals surface area (Å²) < 4.78 is 41.6. The number of aryl methyl sites for hydroxylation is 1. The highest BCUT2D eigenvalue weighted by atomic mass is 19.4. The summed E-state index contributed by atoms with van der Waals surface area (Å²) in [7, 11) is 1.85. The van der Waals surface area contributed by atoms with Crippen LogP contribution in [-0.4, -0.2) is 60.3 Å². The second-order valence-corrected chi connectivity index (χ2v) is 8.43. The maximum atomic E-state index is 12.8. The number of carbonyl (C=O) groups excluding carboxylic acids is 2. The van der Waals surface area contributed by atoms with Crippen molar-refractivity contribution in [1.29, 1.82) is 0 Å². The third-order valence-electron chi connectivity index (χ3n) is 6.00. The van der Waals surface area contributed by atoms with Crippen LogP contribution in [0.25, 0.3) is 5.65 Å². The molecule has 3 aromatic rings. The minimum absolute atomic E-state index is 0.0320. The number of anilines is 1. The quantitative estimate of drug-likeness (QED) is 0.636. The average molecular weight is 448 g/mol. The normalized spacial score (nSPS) is 17.8. The van der Waals surface area contributed by atoms with Crippen molar-refractivity contribution in [2.45, 2.75) is 25.1 Å². The first-order valence-corrected chi connectivity index (χ1v) is 9.89. The van der Waals surface area contributed by atoms with Gasteiger partial charge in [-0.15, -0.1) is 5.10 Å². The lowest BCUT2D eigenvalue weighted by atomic mass is 9.60. The van der Waals surface area contributed by atoms with E-state index in [0.717, 1.165) is 17.9 Å². The van der Waals surface area contributed by atoms with Gasteiger partial charge < -0.3 is 20.1 Å². The van der Waals surface area contributed by atoms with Crippen LogP contribution in [0.3, 0.4) is 0 Å². The predicted molar refractivity (Wildman–Crippen MR) is 105 cm³/mol. The molecule has 32 heavy (non-hydrogen) atoms. The number of urea groups is 1. The van der Waals surface area contributed by atoms with E-state index in [1.807, 2.05) is 17.8 Å². The van der Waals surface area contributed by atoms with Crippen molar-refractivity contribution in [2.24, 2.45) is 12.5 Å². The number of nitrogens with zero attached hydrogens (tertiary/aromatic N) is 6. The van der Waals surface area contributed by atoms with Gasteiger partial charge in [-0.2, -0.15) is 23.4 Å². The Labute approximate surface area is 179 Å². The monoisotopic (exact) mass is 448 g/mol. The summed E-state index contributed by atoms with van der Waals surface area (Å²) in [6.07, 6.45) is 2.97. The van der Waals surface area contributed by atoms with E-state index in [9.17, 15) is 22.8 Å². The van der Waals surface area contributed by atoms with E-state index in [1.54, 1.807) is 21.8 Å². The van der Waals surface area contributed by atoms with Gasteiger partial charge in [-0.25, -0.2) is 9.31 Å². The lowest BCUT2D eigenvalue weighted by Crippen LogP contribution is -2.67. The number of rotatable bonds is 3. The summed E-state index contributed by atoms with van der Waals surface area (Å²) >= 11 is 0. The van der Waals surface area contributed by atoms with Crippen molar-refractivity contribution in [3.8, 4) is 0 Å². The van der Waals surface area contributed by atoms with Gasteiger partial charge >= 0.3 is 12.2 Å². The van der Waals surface area contributed by atoms with Crippen LogP contribution in [0.15, 0.2) is 30.9 Å². The minimum atomic E-state index is -4.64. The molecule has 2 fully saturated rings. The van der Waals surface area contributed by atoms with Crippen molar-refractivity contribution in [3.63, 3.8) is 0 Å². The van der Waals surface area contributed by atoms with Crippen LogP contribution in [0, 0.1) is 5.41 Å². The highest BCUT2D eigenvalue weighted by Crippen LogP contribution is 2.48. The molecule has 1 saturated heterocycles. The van der Waals surface area contributed by atoms with Gasteiger partial charge in [0.05, 0.1) is 18.1 Å². The zero-order valence-corrected chi connectivity index (χ0v) is 16.9. The molecule has 2 N–H and O–H groups in total. The van der Waals surface area contributed by atoms with Crippen molar-refractivity contribution in [2.75, 3.05) is 18.4 Å². The number of aromatic nitrogens is 5. The topological polar surface area (TPSA) is 109 Å². The molecule has 13 heteroatoms. The third kappa shape index (κ3) is 3.42. The van der Waals surface area contributed by atoms with Gasteiger partial charge in [0.1, 0.15) is 11.2 Å². The molecule has 0 radical (unpaired) electrons. The van der Waals surface area contributed by atoms with Gasteiger partial charge in [-0.3, -0.25) is 4.79 Å². The molecule has 1 aliphatic heterocycles. The van der Waals surface area contributed by atoms with Crippen LogP contribution >= 0.6 is 0 Å². The van der Waals surface area contributed by atoms with Crippen LogP contribution in [0.1, 0.15) is 28.9 Å². The van der Waals surface area contributed by atoms with Crippen molar-refractivity contribution in [1.82, 2.24) is 34.6 Å². The van der Waals surface area contributed by atoms with E-state index in [0.29, 0.717) is 31.5 Å². The fraction of sp³-hybridized carbons (Fsp3) is 0.421. The molecule has 2 aliphatic rings. The first-order valence-electron chi connectivity index (χ1n) is 9.89. The summed E-state index contributed by atoms with van der Waals surface area (Å²) in [5.41, 5.74) is -0.0175. The molecule has 4 heterocycles. The lowest BCUT2D eigenvalue weighted by molar-refractivity contribution is -0.141. The second kappa shape index (κ2) is 6.93. The highest BCUT2D eigenvalue weighted by Gasteiger charge is 2.54. The Morgan fingerprint density at radius 2 is 1.94 bits per heavy atom. The number of carbonyl (C=O) groups is 2. The van der Waals surface area contributed by atoms with Gasteiger partial charge in [0.2, 0.25) is 0 Å². The van der Waals surface area contributed by atoms with Gasteiger partial charge in [0.25, 0.3) is 5.91 Å². The van der Waals surface area contributed by atoms with Gasteiger partial charge in [-0.05, 0) is 18.9 Å². The fourth-order valence-corrected chi connectivity index (χ4v) is 4.55. The fourth-order valence-electron chi connectivity index (χ4n) is 4.55. The Bertz CT molecular complexity index is 1200. The smallest absolute Gasteiger partial charge is 0.337 e. The molecule has 1 spiro atoms. The molecule has 1 saturated carbocycles. The maximum Gasteiger partial charge on any atom is 0.435 e. The Morgan fingerprint density at radius 1 is 1.19 bits per heavy atom. The van der Waals surface area contributed by atoms with E-state index in [4.69, 9.17) is 0 Å². The maximum absolute atomic E-state index is 12.8. The number of alkyl halides is 3. The Hall–Kier alpha value is -3.64. The molecule has 0 bridgehead atoms. The zero-order chi connectivity index (χ0) is 22.7. The molecule has 1 aliphatic carbocycles. The molecule has 0 aromatic carbocycles. The largest absolute Gasteiger partial charge is 0.435 e.